The second kappa shape index (κ2) is 4.38. The average molecular weight is 248 g/mol. The van der Waals surface area contributed by atoms with Gasteiger partial charge in [-0.15, -0.1) is 0 Å². The molecule has 96 valence electrons. The van der Waals surface area contributed by atoms with E-state index in [1.54, 1.807) is 0 Å². The van der Waals surface area contributed by atoms with E-state index in [-0.39, 0.29) is 0 Å². The Kier molecular flexibility index (Phi) is 2.82. The van der Waals surface area contributed by atoms with Crippen LogP contribution in [0.5, 0.6) is 0 Å². The first kappa shape index (κ1) is 12.2. The molecule has 19 heavy (non-hydrogen) atoms. The predicted octanol–water partition coefficient (Wildman–Crippen LogP) is 5.35. The summed E-state index contributed by atoms with van der Waals surface area (Å²) in [5.74, 6) is 0. The summed E-state index contributed by atoms with van der Waals surface area (Å²) in [5.41, 5.74) is 11.1. The highest BCUT2D eigenvalue weighted by Crippen LogP contribution is 2.40. The molecule has 0 saturated carbocycles. The van der Waals surface area contributed by atoms with Gasteiger partial charge < -0.3 is 0 Å². The maximum atomic E-state index is 2.35. The highest BCUT2D eigenvalue weighted by Gasteiger charge is 2.21. The van der Waals surface area contributed by atoms with Crippen LogP contribution in [0, 0.1) is 0 Å². The van der Waals surface area contributed by atoms with Gasteiger partial charge in [0.25, 0.3) is 0 Å². The van der Waals surface area contributed by atoms with Gasteiger partial charge in [-0.1, -0.05) is 47.6 Å². The molecule has 0 unspecified atom stereocenters. The van der Waals surface area contributed by atoms with Crippen molar-refractivity contribution in [3.63, 3.8) is 0 Å². The summed E-state index contributed by atoms with van der Waals surface area (Å²) in [4.78, 5) is 0. The summed E-state index contributed by atoms with van der Waals surface area (Å²) in [6, 6.07) is 0. The van der Waals surface area contributed by atoms with Gasteiger partial charge >= 0.3 is 0 Å². The van der Waals surface area contributed by atoms with Crippen molar-refractivity contribution in [1.29, 1.82) is 0 Å². The van der Waals surface area contributed by atoms with Gasteiger partial charge in [0.1, 0.15) is 0 Å². The maximum Gasteiger partial charge on any atom is -0.00793 e. The van der Waals surface area contributed by atoms with E-state index in [0.717, 1.165) is 6.42 Å². The van der Waals surface area contributed by atoms with E-state index in [9.17, 15) is 0 Å². The summed E-state index contributed by atoms with van der Waals surface area (Å²) >= 11 is 0. The summed E-state index contributed by atoms with van der Waals surface area (Å²) < 4.78 is 0. The van der Waals surface area contributed by atoms with Crippen molar-refractivity contribution in [1.82, 2.24) is 0 Å². The Morgan fingerprint density at radius 1 is 0.737 bits per heavy atom. The van der Waals surface area contributed by atoms with Crippen molar-refractivity contribution in [2.24, 2.45) is 0 Å². The SMILES string of the molecule is CC1=CC(C)=CC2=C3CC=C(C)C3=CC(C)=CC2=C1. The van der Waals surface area contributed by atoms with Crippen LogP contribution in [0.25, 0.3) is 0 Å². The highest BCUT2D eigenvalue weighted by atomic mass is 14.3. The molecule has 0 heterocycles. The summed E-state index contributed by atoms with van der Waals surface area (Å²) in [5, 5.41) is 0. The van der Waals surface area contributed by atoms with Gasteiger partial charge in [0, 0.05) is 0 Å². The second-order valence-electron chi connectivity index (χ2n) is 5.81. The quantitative estimate of drug-likeness (QED) is 0.542. The van der Waals surface area contributed by atoms with Crippen LogP contribution >= 0.6 is 0 Å². The number of allylic oxidation sites excluding steroid dienone is 14. The van der Waals surface area contributed by atoms with E-state index in [1.807, 2.05) is 0 Å². The molecule has 0 radical (unpaired) electrons. The topological polar surface area (TPSA) is 0 Å². The van der Waals surface area contributed by atoms with E-state index in [1.165, 1.54) is 44.6 Å². The number of rotatable bonds is 0. The molecule has 0 aromatic heterocycles. The number of hydrogen-bond donors (Lipinski definition) is 0. The van der Waals surface area contributed by atoms with Crippen LogP contribution in [-0.4, -0.2) is 0 Å². The second-order valence-corrected chi connectivity index (χ2v) is 5.81. The Morgan fingerprint density at radius 3 is 2.21 bits per heavy atom. The zero-order chi connectivity index (χ0) is 13.6. The minimum absolute atomic E-state index is 1.06. The lowest BCUT2D eigenvalue weighted by atomic mass is 9.94. The minimum Gasteiger partial charge on any atom is -0.0765 e. The third-order valence-electron chi connectivity index (χ3n) is 3.96. The minimum atomic E-state index is 1.06. The fraction of sp³-hybridized carbons (Fsp3) is 0.263. The van der Waals surface area contributed by atoms with Crippen LogP contribution in [0.2, 0.25) is 0 Å². The molecule has 0 bridgehead atoms. The van der Waals surface area contributed by atoms with Crippen LogP contribution in [0.1, 0.15) is 34.1 Å². The zero-order valence-electron chi connectivity index (χ0n) is 12.2. The Balaban J connectivity index is 2.28. The standard InChI is InChI=1S/C19H20/c1-12-7-13(2)11-19-16(8-12)9-14(3)10-18-15(4)5-6-17(18)19/h5,7-11H,6H2,1-4H3. The Hall–Kier alpha value is -1.82. The van der Waals surface area contributed by atoms with Gasteiger partial charge in [-0.3, -0.25) is 0 Å². The van der Waals surface area contributed by atoms with Crippen LogP contribution in [0.3, 0.4) is 0 Å². The smallest absolute Gasteiger partial charge is 0.00793 e. The number of fused-ring (bicyclic) bond motifs is 2. The van der Waals surface area contributed by atoms with Crippen molar-refractivity contribution < 1.29 is 0 Å². The van der Waals surface area contributed by atoms with Crippen LogP contribution < -0.4 is 0 Å². The van der Waals surface area contributed by atoms with Crippen molar-refractivity contribution in [2.45, 2.75) is 34.1 Å². The molecule has 0 fully saturated rings. The van der Waals surface area contributed by atoms with Crippen LogP contribution in [0.15, 0.2) is 81.0 Å². The number of hydrogen-bond acceptors (Lipinski definition) is 0. The van der Waals surface area contributed by atoms with E-state index < -0.39 is 0 Å². The third-order valence-corrected chi connectivity index (χ3v) is 3.96. The van der Waals surface area contributed by atoms with Crippen molar-refractivity contribution in [3.8, 4) is 0 Å². The molecule has 0 saturated heterocycles. The van der Waals surface area contributed by atoms with Gasteiger partial charge in [-0.05, 0) is 67.6 Å². The first-order chi connectivity index (χ1) is 9.04. The summed E-state index contributed by atoms with van der Waals surface area (Å²) in [6.07, 6.45) is 15.0. The molecule has 0 nitrogen and oxygen atoms in total. The molecule has 0 atom stereocenters. The molecule has 3 aliphatic carbocycles. The van der Waals surface area contributed by atoms with Gasteiger partial charge in [-0.2, -0.15) is 0 Å². The molecule has 3 rings (SSSR count). The average Bonchev–Trinajstić information content (AvgIpc) is 2.51. The van der Waals surface area contributed by atoms with E-state index in [2.05, 4.69) is 64.2 Å². The third kappa shape index (κ3) is 2.12. The van der Waals surface area contributed by atoms with E-state index >= 15 is 0 Å². The largest absolute Gasteiger partial charge is 0.0765 e. The first-order valence-electron chi connectivity index (χ1n) is 6.94. The first-order valence-corrected chi connectivity index (χ1v) is 6.94. The molecule has 0 spiro atoms. The van der Waals surface area contributed by atoms with Gasteiger partial charge in [-0.25, -0.2) is 0 Å². The van der Waals surface area contributed by atoms with E-state index in [0.29, 0.717) is 0 Å². The lowest BCUT2D eigenvalue weighted by Gasteiger charge is -2.09. The van der Waals surface area contributed by atoms with Crippen molar-refractivity contribution in [3.05, 3.63) is 81.0 Å². The summed E-state index contributed by atoms with van der Waals surface area (Å²) in [7, 11) is 0. The maximum absolute atomic E-state index is 2.35. The fourth-order valence-corrected chi connectivity index (χ4v) is 3.14. The molecular formula is C19H20. The molecule has 0 N–H and O–H groups in total. The normalized spacial score (nSPS) is 22.1. The highest BCUT2D eigenvalue weighted by molar-refractivity contribution is 5.68. The fourth-order valence-electron chi connectivity index (χ4n) is 3.14. The molecule has 3 aliphatic rings. The van der Waals surface area contributed by atoms with Gasteiger partial charge in [0.2, 0.25) is 0 Å². The molecular weight excluding hydrogens is 228 g/mol. The zero-order valence-corrected chi connectivity index (χ0v) is 12.2. The molecule has 0 aliphatic heterocycles. The Morgan fingerprint density at radius 2 is 1.42 bits per heavy atom. The lowest BCUT2D eigenvalue weighted by molar-refractivity contribution is 1.26. The molecule has 0 aromatic rings. The van der Waals surface area contributed by atoms with Crippen molar-refractivity contribution in [2.75, 3.05) is 0 Å². The van der Waals surface area contributed by atoms with Crippen LogP contribution in [-0.2, 0) is 0 Å². The monoisotopic (exact) mass is 248 g/mol. The van der Waals surface area contributed by atoms with Crippen LogP contribution in [0.4, 0.5) is 0 Å². The molecule has 0 heteroatoms. The van der Waals surface area contributed by atoms with E-state index in [4.69, 9.17) is 0 Å². The predicted molar refractivity (Wildman–Crippen MR) is 82.8 cm³/mol. The van der Waals surface area contributed by atoms with Gasteiger partial charge in [0.15, 0.2) is 0 Å². The summed E-state index contributed by atoms with van der Waals surface area (Å²) in [6.45, 7) is 8.78. The van der Waals surface area contributed by atoms with Gasteiger partial charge in [0.05, 0.1) is 0 Å². The van der Waals surface area contributed by atoms with Crippen molar-refractivity contribution >= 4 is 0 Å². The molecule has 0 aromatic carbocycles. The Labute approximate surface area is 115 Å². The lowest BCUT2D eigenvalue weighted by Crippen LogP contribution is -1.91. The Bertz CT molecular complexity index is 665. The molecule has 0 amide bonds.